The van der Waals surface area contributed by atoms with Crippen LogP contribution in [-0.2, 0) is 44.2 Å². The van der Waals surface area contributed by atoms with Crippen LogP contribution in [0.15, 0.2) is 108 Å². The number of hydrogen-bond donors (Lipinski definition) is 3. The quantitative estimate of drug-likeness (QED) is 0.0878. The minimum atomic E-state index is -3.52. The highest BCUT2D eigenvalue weighted by Gasteiger charge is 2.67. The van der Waals surface area contributed by atoms with Gasteiger partial charge in [-0.1, -0.05) is 83.5 Å². The SMILES string of the molecule is C[C@H]1[C@H]([Si](C)(C)F)[C@@H](CC(=O)N(CCO)Cc2ccccc2)O[C@]12C(=O)N(Cc1ccc(NC(=O)Cc3c[nH]c4ccccc34)cc1)c1ccc(Br)cc12. The number of hydrogen-bond acceptors (Lipinski definition) is 5. The second kappa shape index (κ2) is 15.3. The Labute approximate surface area is 323 Å². The molecule has 4 aromatic carbocycles. The summed E-state index contributed by atoms with van der Waals surface area (Å²) in [5.74, 6) is -1.27. The summed E-state index contributed by atoms with van der Waals surface area (Å²) in [6.07, 6.45) is 1.11. The predicted octanol–water partition coefficient (Wildman–Crippen LogP) is 7.84. The maximum atomic E-state index is 16.4. The Morgan fingerprint density at radius 2 is 1.74 bits per heavy atom. The van der Waals surface area contributed by atoms with Gasteiger partial charge in [-0.05, 0) is 66.2 Å². The molecule has 1 spiro atoms. The van der Waals surface area contributed by atoms with E-state index < -0.39 is 31.6 Å². The Balaban J connectivity index is 1.11. The van der Waals surface area contributed by atoms with Crippen molar-refractivity contribution in [2.75, 3.05) is 23.4 Å². The van der Waals surface area contributed by atoms with Crippen LogP contribution in [0.25, 0.3) is 10.9 Å². The van der Waals surface area contributed by atoms with Gasteiger partial charge in [0.05, 0.1) is 37.8 Å². The number of fused-ring (bicyclic) bond motifs is 3. The number of anilines is 2. The number of nitrogens with zero attached hydrogens (tertiary/aromatic N) is 2. The molecule has 2 aliphatic rings. The van der Waals surface area contributed by atoms with Crippen LogP contribution in [0, 0.1) is 5.92 Å². The van der Waals surface area contributed by atoms with Gasteiger partial charge < -0.3 is 34.1 Å². The van der Waals surface area contributed by atoms with Crippen LogP contribution in [0.1, 0.15) is 35.6 Å². The fourth-order valence-electron chi connectivity index (χ4n) is 8.43. The highest BCUT2D eigenvalue weighted by molar-refractivity contribution is 9.10. The van der Waals surface area contributed by atoms with E-state index in [-0.39, 0.29) is 50.3 Å². The maximum Gasteiger partial charge on any atom is 0.264 e. The molecule has 0 saturated carbocycles. The smallest absolute Gasteiger partial charge is 0.264 e. The van der Waals surface area contributed by atoms with Crippen molar-refractivity contribution in [1.29, 1.82) is 0 Å². The normalized spacial score (nSPS) is 20.8. The molecule has 7 rings (SSSR count). The average molecular weight is 812 g/mol. The fraction of sp³-hybridized carbons (Fsp3) is 0.310. The van der Waals surface area contributed by atoms with Gasteiger partial charge in [-0.3, -0.25) is 14.4 Å². The van der Waals surface area contributed by atoms with Gasteiger partial charge >= 0.3 is 0 Å². The standard InChI is InChI=1S/C42H44BrFN4O5Si/c1-27-40(54(2,3)44)37(23-39(51)47(19-20-49)25-28-9-5-4-6-10-28)53-42(27)34-22-31(43)15-18-36(34)48(41(42)52)26-29-13-16-32(17-14-29)46-38(50)21-30-24-45-35-12-8-7-11-33(30)35/h4-18,22,24,27,37,40,45,49H,19-21,23,25-26H2,1-3H3,(H,46,50)/t27-,37+,40-,42+/m0/s1. The monoisotopic (exact) mass is 810 g/mol. The molecule has 1 fully saturated rings. The van der Waals surface area contributed by atoms with Crippen molar-refractivity contribution in [1.82, 2.24) is 9.88 Å². The van der Waals surface area contributed by atoms with Gasteiger partial charge in [0.1, 0.15) is 0 Å². The number of aliphatic hydroxyl groups excluding tert-OH is 1. The predicted molar refractivity (Wildman–Crippen MR) is 214 cm³/mol. The maximum absolute atomic E-state index is 16.4. The second-order valence-electron chi connectivity index (χ2n) is 14.8. The number of halogens is 2. The third-order valence-electron chi connectivity index (χ3n) is 10.8. The number of nitrogens with one attached hydrogen (secondary N) is 2. The van der Waals surface area contributed by atoms with E-state index in [2.05, 4.69) is 26.2 Å². The Morgan fingerprint density at radius 3 is 2.46 bits per heavy atom. The summed E-state index contributed by atoms with van der Waals surface area (Å²) < 4.78 is 24.0. The molecule has 54 heavy (non-hydrogen) atoms. The van der Waals surface area contributed by atoms with Gasteiger partial charge in [-0.25, -0.2) is 0 Å². The van der Waals surface area contributed by atoms with E-state index in [4.69, 9.17) is 4.74 Å². The van der Waals surface area contributed by atoms with E-state index in [1.54, 1.807) is 22.9 Å². The van der Waals surface area contributed by atoms with Crippen LogP contribution in [0.3, 0.4) is 0 Å². The minimum absolute atomic E-state index is 0.117. The lowest BCUT2D eigenvalue weighted by Gasteiger charge is -2.31. The van der Waals surface area contributed by atoms with E-state index in [1.807, 2.05) is 110 Å². The number of carbonyl (C=O) groups excluding carboxylic acids is 3. The second-order valence-corrected chi connectivity index (χ2v) is 19.5. The van der Waals surface area contributed by atoms with E-state index >= 15 is 4.11 Å². The summed E-state index contributed by atoms with van der Waals surface area (Å²) in [7, 11) is -3.52. The van der Waals surface area contributed by atoms with Crippen molar-refractivity contribution in [2.24, 2.45) is 5.92 Å². The van der Waals surface area contributed by atoms with Gasteiger partial charge in [0.25, 0.3) is 5.91 Å². The van der Waals surface area contributed by atoms with Crippen molar-refractivity contribution in [3.8, 4) is 0 Å². The number of aromatic amines is 1. The Kier molecular flexibility index (Phi) is 10.6. The molecule has 0 radical (unpaired) electrons. The van der Waals surface area contributed by atoms with Crippen LogP contribution >= 0.6 is 15.9 Å². The van der Waals surface area contributed by atoms with Crippen molar-refractivity contribution >= 4 is 64.3 Å². The largest absolute Gasteiger partial charge is 0.395 e. The van der Waals surface area contributed by atoms with Crippen LogP contribution < -0.4 is 10.2 Å². The molecule has 4 atom stereocenters. The van der Waals surface area contributed by atoms with Gasteiger partial charge in [-0.2, -0.15) is 0 Å². The third kappa shape index (κ3) is 7.27. The first kappa shape index (κ1) is 37.7. The number of amides is 3. The fourth-order valence-corrected chi connectivity index (χ4v) is 11.3. The summed E-state index contributed by atoms with van der Waals surface area (Å²) in [6, 6.07) is 30.4. The number of carbonyl (C=O) groups is 3. The number of H-pyrrole nitrogens is 1. The van der Waals surface area contributed by atoms with E-state index in [1.165, 1.54) is 0 Å². The molecular formula is C42H44BrFN4O5Si. The van der Waals surface area contributed by atoms with Crippen molar-refractivity contribution in [3.05, 3.63) is 130 Å². The molecular weight excluding hydrogens is 767 g/mol. The molecule has 5 aromatic rings. The lowest BCUT2D eigenvalue weighted by Crippen LogP contribution is -2.45. The number of aliphatic hydroxyl groups is 1. The topological polar surface area (TPSA) is 115 Å². The number of rotatable bonds is 12. The van der Waals surface area contributed by atoms with Crippen molar-refractivity contribution in [2.45, 2.75) is 63.2 Å². The Hall–Kier alpha value is -4.62. The molecule has 3 N–H and O–H groups in total. The molecule has 3 amide bonds. The van der Waals surface area contributed by atoms with Crippen molar-refractivity contribution in [3.63, 3.8) is 0 Å². The molecule has 0 unspecified atom stereocenters. The zero-order valence-electron chi connectivity index (χ0n) is 30.5. The summed E-state index contributed by atoms with van der Waals surface area (Å²) in [5.41, 5.74) is 3.43. The molecule has 0 bridgehead atoms. The molecule has 9 nitrogen and oxygen atoms in total. The first-order valence-electron chi connectivity index (χ1n) is 18.2. The molecule has 2 aliphatic heterocycles. The lowest BCUT2D eigenvalue weighted by molar-refractivity contribution is -0.150. The highest BCUT2D eigenvalue weighted by atomic mass is 79.9. The number of benzene rings is 4. The van der Waals surface area contributed by atoms with Gasteiger partial charge in [0.2, 0.25) is 20.2 Å². The molecule has 1 saturated heterocycles. The van der Waals surface area contributed by atoms with Crippen LogP contribution in [0.2, 0.25) is 18.6 Å². The summed E-state index contributed by atoms with van der Waals surface area (Å²) >= 11 is 3.59. The summed E-state index contributed by atoms with van der Waals surface area (Å²) in [6.45, 7) is 5.53. The molecule has 12 heteroatoms. The van der Waals surface area contributed by atoms with Crippen LogP contribution in [0.4, 0.5) is 15.5 Å². The highest BCUT2D eigenvalue weighted by Crippen LogP contribution is 2.60. The Bertz CT molecular complexity index is 2180. The zero-order chi connectivity index (χ0) is 38.2. The lowest BCUT2D eigenvalue weighted by atomic mass is 9.82. The van der Waals surface area contributed by atoms with E-state index in [9.17, 15) is 19.5 Å². The average Bonchev–Trinajstić information content (AvgIpc) is 3.75. The van der Waals surface area contributed by atoms with E-state index in [0.29, 0.717) is 23.5 Å². The first-order valence-corrected chi connectivity index (χ1v) is 22.0. The third-order valence-corrected chi connectivity index (χ3v) is 13.8. The number of aromatic nitrogens is 1. The van der Waals surface area contributed by atoms with Gasteiger partial charge in [-0.15, -0.1) is 0 Å². The summed E-state index contributed by atoms with van der Waals surface area (Å²) in [5, 5.41) is 13.8. The molecule has 0 aliphatic carbocycles. The van der Waals surface area contributed by atoms with Crippen molar-refractivity contribution < 1.29 is 28.3 Å². The van der Waals surface area contributed by atoms with Crippen LogP contribution in [-0.4, -0.2) is 60.4 Å². The molecule has 280 valence electrons. The first-order chi connectivity index (χ1) is 25.9. The van der Waals surface area contributed by atoms with Gasteiger partial charge in [0, 0.05) is 57.4 Å². The molecule has 1 aromatic heterocycles. The van der Waals surface area contributed by atoms with Crippen LogP contribution in [0.5, 0.6) is 0 Å². The molecule has 3 heterocycles. The zero-order valence-corrected chi connectivity index (χ0v) is 33.1. The number of ether oxygens (including phenoxy) is 1. The minimum Gasteiger partial charge on any atom is -0.395 e. The summed E-state index contributed by atoms with van der Waals surface area (Å²) in [4.78, 5) is 48.1. The number of para-hydroxylation sites is 1. The van der Waals surface area contributed by atoms with Gasteiger partial charge in [0.15, 0.2) is 5.60 Å². The Morgan fingerprint density at radius 1 is 1.02 bits per heavy atom. The van der Waals surface area contributed by atoms with E-state index in [0.717, 1.165) is 32.1 Å².